The minimum absolute atomic E-state index is 0.168. The van der Waals surface area contributed by atoms with Gasteiger partial charge < -0.3 is 25.3 Å². The topological polar surface area (TPSA) is 92.6 Å². The van der Waals surface area contributed by atoms with Crippen molar-refractivity contribution < 1.29 is 9.53 Å². The highest BCUT2D eigenvalue weighted by Crippen LogP contribution is 2.19. The Hall–Kier alpha value is -2.25. The summed E-state index contributed by atoms with van der Waals surface area (Å²) in [7, 11) is 0. The number of alkyl carbamates (subject to hydrolysis) is 1. The molecule has 1 aliphatic carbocycles. The minimum Gasteiger partial charge on any atom is -0.444 e. The minimum atomic E-state index is -0.468. The third-order valence-corrected chi connectivity index (χ3v) is 4.88. The van der Waals surface area contributed by atoms with Crippen molar-refractivity contribution in [2.45, 2.75) is 98.0 Å². The van der Waals surface area contributed by atoms with Crippen LogP contribution in [0.2, 0.25) is 0 Å². The Kier molecular flexibility index (Phi) is 8.99. The number of hydrogen-bond acceptors (Lipinski definition) is 4. The van der Waals surface area contributed by atoms with Crippen LogP contribution in [0, 0.1) is 5.92 Å². The molecule has 0 aromatic carbocycles. The van der Waals surface area contributed by atoms with Crippen LogP contribution in [-0.2, 0) is 17.8 Å². The van der Waals surface area contributed by atoms with Gasteiger partial charge >= 0.3 is 6.09 Å². The normalized spacial score (nSPS) is 20.2. The van der Waals surface area contributed by atoms with E-state index in [-0.39, 0.29) is 12.1 Å². The average Bonchev–Trinajstić information content (AvgIpc) is 3.06. The van der Waals surface area contributed by atoms with Gasteiger partial charge in [-0.2, -0.15) is 0 Å². The zero-order valence-electron chi connectivity index (χ0n) is 19.5. The van der Waals surface area contributed by atoms with Crippen LogP contribution in [-0.4, -0.2) is 45.8 Å². The molecule has 170 valence electrons. The molecule has 0 atom stereocenters. The summed E-state index contributed by atoms with van der Waals surface area (Å²) in [6.45, 7) is 14.4. The van der Waals surface area contributed by atoms with Gasteiger partial charge in [0.15, 0.2) is 5.96 Å². The zero-order chi connectivity index (χ0) is 22.1. The van der Waals surface area contributed by atoms with E-state index in [2.05, 4.69) is 46.3 Å². The van der Waals surface area contributed by atoms with Crippen LogP contribution in [0.1, 0.15) is 73.1 Å². The number of aliphatic imine (C=N–C) groups is 1. The number of guanidine groups is 1. The van der Waals surface area contributed by atoms with Crippen molar-refractivity contribution in [3.05, 3.63) is 18.2 Å². The maximum atomic E-state index is 12.0. The van der Waals surface area contributed by atoms with E-state index < -0.39 is 5.60 Å². The molecule has 1 aromatic rings. The Morgan fingerprint density at radius 3 is 2.43 bits per heavy atom. The summed E-state index contributed by atoms with van der Waals surface area (Å²) in [5.41, 5.74) is -0.468. The summed E-state index contributed by atoms with van der Waals surface area (Å²) < 4.78 is 7.53. The van der Waals surface area contributed by atoms with Gasteiger partial charge in [-0.1, -0.05) is 13.8 Å². The van der Waals surface area contributed by atoms with Crippen LogP contribution < -0.4 is 16.0 Å². The van der Waals surface area contributed by atoms with E-state index in [1.165, 1.54) is 0 Å². The molecule has 8 nitrogen and oxygen atoms in total. The highest BCUT2D eigenvalue weighted by molar-refractivity contribution is 5.80. The van der Waals surface area contributed by atoms with E-state index in [9.17, 15) is 4.79 Å². The van der Waals surface area contributed by atoms with Crippen LogP contribution in [0.3, 0.4) is 0 Å². The van der Waals surface area contributed by atoms with E-state index in [1.807, 2.05) is 33.2 Å². The molecule has 3 N–H and O–H groups in total. The third-order valence-electron chi connectivity index (χ3n) is 4.88. The van der Waals surface area contributed by atoms with Gasteiger partial charge in [0, 0.05) is 37.6 Å². The lowest BCUT2D eigenvalue weighted by atomic mass is 9.91. The largest absolute Gasteiger partial charge is 0.444 e. The smallest absolute Gasteiger partial charge is 0.407 e. The van der Waals surface area contributed by atoms with E-state index in [0.717, 1.165) is 50.6 Å². The average molecular weight is 421 g/mol. The first kappa shape index (κ1) is 24.0. The maximum Gasteiger partial charge on any atom is 0.407 e. The van der Waals surface area contributed by atoms with Gasteiger partial charge in [0.25, 0.3) is 0 Å². The summed E-state index contributed by atoms with van der Waals surface area (Å²) in [5, 5.41) is 9.88. The predicted molar refractivity (Wildman–Crippen MR) is 120 cm³/mol. The van der Waals surface area contributed by atoms with Crippen LogP contribution in [0.25, 0.3) is 0 Å². The van der Waals surface area contributed by atoms with Crippen molar-refractivity contribution in [1.82, 2.24) is 25.5 Å². The first-order valence-corrected chi connectivity index (χ1v) is 11.2. The predicted octanol–water partition coefficient (Wildman–Crippen LogP) is 3.43. The summed E-state index contributed by atoms with van der Waals surface area (Å²) in [5.74, 6) is 2.36. The molecular weight excluding hydrogens is 380 g/mol. The first-order chi connectivity index (χ1) is 14.2. The third kappa shape index (κ3) is 8.63. The lowest BCUT2D eigenvalue weighted by Crippen LogP contribution is -2.48. The van der Waals surface area contributed by atoms with Crippen molar-refractivity contribution in [3.8, 4) is 0 Å². The number of imidazole rings is 1. The summed E-state index contributed by atoms with van der Waals surface area (Å²) in [4.78, 5) is 21.2. The molecule has 0 radical (unpaired) electrons. The van der Waals surface area contributed by atoms with Gasteiger partial charge in [-0.3, -0.25) is 0 Å². The molecule has 1 aliphatic rings. The molecule has 2 rings (SSSR count). The molecular formula is C22H40N6O2. The van der Waals surface area contributed by atoms with Crippen LogP contribution >= 0.6 is 0 Å². The quantitative estimate of drug-likeness (QED) is 0.464. The number of amides is 1. The fraction of sp³-hybridized carbons (Fsp3) is 0.773. The maximum absolute atomic E-state index is 12.0. The Morgan fingerprint density at radius 2 is 1.87 bits per heavy atom. The first-order valence-electron chi connectivity index (χ1n) is 11.2. The van der Waals surface area contributed by atoms with Crippen molar-refractivity contribution >= 4 is 12.1 Å². The van der Waals surface area contributed by atoms with Crippen LogP contribution in [0.4, 0.5) is 4.79 Å². The van der Waals surface area contributed by atoms with E-state index in [0.29, 0.717) is 18.5 Å². The Balaban J connectivity index is 1.84. The van der Waals surface area contributed by atoms with E-state index in [1.54, 1.807) is 0 Å². The Morgan fingerprint density at radius 1 is 1.23 bits per heavy atom. The van der Waals surface area contributed by atoms with Gasteiger partial charge in [0.2, 0.25) is 0 Å². The molecule has 8 heteroatoms. The standard InChI is InChI=1S/C22H40N6O2/c1-7-23-20(25-14-19-24-12-13-28(19)15-16(2)3)26-17-8-10-18(11-9-17)27-21(29)30-22(4,5)6/h12-13,16-18H,7-11,14-15H2,1-6H3,(H,27,29)(H2,23,25,26). The van der Waals surface area contributed by atoms with Gasteiger partial charge in [0.1, 0.15) is 18.0 Å². The number of carbonyl (C=O) groups is 1. The Labute approximate surface area is 181 Å². The number of carbonyl (C=O) groups excluding carboxylic acids is 1. The molecule has 1 amide bonds. The molecule has 1 heterocycles. The summed E-state index contributed by atoms with van der Waals surface area (Å²) in [6.07, 6.45) is 7.34. The highest BCUT2D eigenvalue weighted by atomic mass is 16.6. The molecule has 1 saturated carbocycles. The zero-order valence-corrected chi connectivity index (χ0v) is 19.5. The fourth-order valence-corrected chi connectivity index (χ4v) is 3.57. The van der Waals surface area contributed by atoms with Gasteiger partial charge in [-0.25, -0.2) is 14.8 Å². The molecule has 1 aromatic heterocycles. The molecule has 30 heavy (non-hydrogen) atoms. The monoisotopic (exact) mass is 420 g/mol. The van der Waals surface area contributed by atoms with Crippen molar-refractivity contribution in [3.63, 3.8) is 0 Å². The lowest BCUT2D eigenvalue weighted by molar-refractivity contribution is 0.0490. The number of rotatable bonds is 7. The lowest BCUT2D eigenvalue weighted by Gasteiger charge is -2.31. The van der Waals surface area contributed by atoms with Crippen LogP contribution in [0.15, 0.2) is 17.4 Å². The molecule has 0 aliphatic heterocycles. The number of ether oxygens (including phenoxy) is 1. The van der Waals surface area contributed by atoms with Crippen molar-refractivity contribution in [2.75, 3.05) is 6.54 Å². The second kappa shape index (κ2) is 11.2. The fourth-order valence-electron chi connectivity index (χ4n) is 3.57. The second-order valence-electron chi connectivity index (χ2n) is 9.42. The number of hydrogen-bond donors (Lipinski definition) is 3. The highest BCUT2D eigenvalue weighted by Gasteiger charge is 2.25. The molecule has 0 spiro atoms. The van der Waals surface area contributed by atoms with E-state index >= 15 is 0 Å². The number of nitrogens with one attached hydrogen (secondary N) is 3. The van der Waals surface area contributed by atoms with Crippen LogP contribution in [0.5, 0.6) is 0 Å². The van der Waals surface area contributed by atoms with E-state index in [4.69, 9.17) is 9.73 Å². The van der Waals surface area contributed by atoms with Crippen molar-refractivity contribution in [1.29, 1.82) is 0 Å². The van der Waals surface area contributed by atoms with Crippen molar-refractivity contribution in [2.24, 2.45) is 10.9 Å². The SMILES string of the molecule is CCNC(=NCc1nccn1CC(C)C)NC1CCC(NC(=O)OC(C)(C)C)CC1. The summed E-state index contributed by atoms with van der Waals surface area (Å²) in [6, 6.07) is 0.510. The number of aromatic nitrogens is 2. The molecule has 1 fully saturated rings. The Bertz CT molecular complexity index is 684. The molecule has 0 bridgehead atoms. The second-order valence-corrected chi connectivity index (χ2v) is 9.42. The summed E-state index contributed by atoms with van der Waals surface area (Å²) >= 11 is 0. The van der Waals surface area contributed by atoms with Gasteiger partial charge in [0.05, 0.1) is 0 Å². The number of nitrogens with zero attached hydrogens (tertiary/aromatic N) is 3. The molecule has 0 saturated heterocycles. The molecule has 0 unspecified atom stereocenters. The van der Waals surface area contributed by atoms with Gasteiger partial charge in [-0.05, 0) is 59.3 Å². The van der Waals surface area contributed by atoms with Gasteiger partial charge in [-0.15, -0.1) is 0 Å².